The van der Waals surface area contributed by atoms with Crippen molar-refractivity contribution in [3.8, 4) is 0 Å². The predicted octanol–water partition coefficient (Wildman–Crippen LogP) is 2.07. The van der Waals surface area contributed by atoms with Gasteiger partial charge in [0, 0.05) is 25.4 Å². The smallest absolute Gasteiger partial charge is 0.150 e. The van der Waals surface area contributed by atoms with Crippen LogP contribution in [0.5, 0.6) is 0 Å². The van der Waals surface area contributed by atoms with E-state index in [0.29, 0.717) is 30.1 Å². The molecule has 3 aliphatic rings. The summed E-state index contributed by atoms with van der Waals surface area (Å²) in [5, 5.41) is 7.42. The topological polar surface area (TPSA) is 67.4 Å². The van der Waals surface area contributed by atoms with E-state index in [9.17, 15) is 8.42 Å². The number of ether oxygens (including phenoxy) is 1. The van der Waals surface area contributed by atoms with Crippen molar-refractivity contribution in [3.05, 3.63) is 0 Å². The minimum absolute atomic E-state index is 0.102. The molecule has 1 aliphatic carbocycles. The molecular weight excluding hydrogens is 324 g/mol. The Morgan fingerprint density at radius 2 is 1.83 bits per heavy atom. The molecule has 0 spiro atoms. The van der Waals surface area contributed by atoms with Crippen LogP contribution in [0.4, 0.5) is 0 Å². The Morgan fingerprint density at radius 1 is 1.08 bits per heavy atom. The molecule has 5 nitrogen and oxygen atoms in total. The van der Waals surface area contributed by atoms with Gasteiger partial charge in [0.1, 0.15) is 9.84 Å². The molecule has 0 aromatic rings. The first kappa shape index (κ1) is 18.6. The van der Waals surface area contributed by atoms with Gasteiger partial charge in [0.2, 0.25) is 0 Å². The van der Waals surface area contributed by atoms with E-state index in [-0.39, 0.29) is 5.25 Å². The van der Waals surface area contributed by atoms with E-state index in [1.165, 1.54) is 31.9 Å². The summed E-state index contributed by atoms with van der Waals surface area (Å²) in [5.41, 5.74) is 0. The Labute approximate surface area is 147 Å². The Kier molecular flexibility index (Phi) is 6.22. The van der Waals surface area contributed by atoms with Gasteiger partial charge in [-0.05, 0) is 70.1 Å². The molecule has 140 valence electrons. The van der Waals surface area contributed by atoms with Gasteiger partial charge in [-0.3, -0.25) is 5.32 Å². The molecule has 0 amide bonds. The van der Waals surface area contributed by atoms with Crippen molar-refractivity contribution >= 4 is 9.84 Å². The summed E-state index contributed by atoms with van der Waals surface area (Å²) in [5.74, 6) is 1.28. The van der Waals surface area contributed by atoms with E-state index in [0.717, 1.165) is 38.8 Å². The summed E-state index contributed by atoms with van der Waals surface area (Å²) in [7, 11) is -2.86. The van der Waals surface area contributed by atoms with E-state index in [1.807, 2.05) is 0 Å². The molecule has 2 heterocycles. The fourth-order valence-corrected chi connectivity index (χ4v) is 5.89. The number of piperidine rings is 1. The molecule has 6 heteroatoms. The highest BCUT2D eigenvalue weighted by Crippen LogP contribution is 2.33. The van der Waals surface area contributed by atoms with Crippen LogP contribution in [-0.4, -0.2) is 51.4 Å². The molecule has 24 heavy (non-hydrogen) atoms. The third-order valence-electron chi connectivity index (χ3n) is 6.48. The van der Waals surface area contributed by atoms with Gasteiger partial charge in [-0.1, -0.05) is 0 Å². The van der Waals surface area contributed by atoms with Gasteiger partial charge < -0.3 is 10.1 Å². The second-order valence-electron chi connectivity index (χ2n) is 8.16. The maximum atomic E-state index is 11.7. The predicted molar refractivity (Wildman–Crippen MR) is 96.7 cm³/mol. The lowest BCUT2D eigenvalue weighted by Gasteiger charge is -2.39. The fourth-order valence-electron chi connectivity index (χ4n) is 4.76. The standard InChI is InChI=1S/C18H34N2O3S/c1-13-15(10-11-23-13)12-19-18-5-3-4-17(20-18)14-6-8-16(9-7-14)24(2,21)22/h13-20H,3-12H2,1-2H3. The highest BCUT2D eigenvalue weighted by molar-refractivity contribution is 7.91. The molecule has 1 saturated carbocycles. The Bertz CT molecular complexity index is 502. The van der Waals surface area contributed by atoms with Crippen LogP contribution in [0.25, 0.3) is 0 Å². The Hall–Kier alpha value is -0.170. The first-order valence-corrected chi connectivity index (χ1v) is 11.7. The van der Waals surface area contributed by atoms with Gasteiger partial charge >= 0.3 is 0 Å². The zero-order chi connectivity index (χ0) is 17.2. The van der Waals surface area contributed by atoms with Crippen LogP contribution in [0.3, 0.4) is 0 Å². The highest BCUT2D eigenvalue weighted by Gasteiger charge is 2.34. The van der Waals surface area contributed by atoms with Crippen LogP contribution in [0.15, 0.2) is 0 Å². The summed E-state index contributed by atoms with van der Waals surface area (Å²) in [6, 6.07) is 0.550. The van der Waals surface area contributed by atoms with Crippen LogP contribution >= 0.6 is 0 Å². The molecule has 0 aromatic heterocycles. The molecular formula is C18H34N2O3S. The van der Waals surface area contributed by atoms with Crippen LogP contribution in [0, 0.1) is 11.8 Å². The van der Waals surface area contributed by atoms with Crippen LogP contribution in [-0.2, 0) is 14.6 Å². The Morgan fingerprint density at radius 3 is 2.46 bits per heavy atom. The molecule has 2 N–H and O–H groups in total. The lowest BCUT2D eigenvalue weighted by atomic mass is 9.80. The fraction of sp³-hybridized carbons (Fsp3) is 1.00. The number of hydrogen-bond acceptors (Lipinski definition) is 5. The van der Waals surface area contributed by atoms with Crippen molar-refractivity contribution in [3.63, 3.8) is 0 Å². The molecule has 3 fully saturated rings. The van der Waals surface area contributed by atoms with Crippen molar-refractivity contribution in [1.29, 1.82) is 0 Å². The maximum absolute atomic E-state index is 11.7. The van der Waals surface area contributed by atoms with E-state index in [4.69, 9.17) is 4.74 Å². The SMILES string of the molecule is CC1OCCC1CNC1CCCC(C2CCC(S(C)(=O)=O)CC2)N1. The maximum Gasteiger partial charge on any atom is 0.150 e. The summed E-state index contributed by atoms with van der Waals surface area (Å²) in [4.78, 5) is 0. The summed E-state index contributed by atoms with van der Waals surface area (Å²) in [6.45, 7) is 4.11. The lowest BCUT2D eigenvalue weighted by molar-refractivity contribution is 0.102. The average molecular weight is 359 g/mol. The van der Waals surface area contributed by atoms with Gasteiger partial charge in [0.15, 0.2) is 0 Å². The van der Waals surface area contributed by atoms with Gasteiger partial charge in [0.05, 0.1) is 17.5 Å². The van der Waals surface area contributed by atoms with Crippen molar-refractivity contribution in [2.24, 2.45) is 11.8 Å². The van der Waals surface area contributed by atoms with Crippen LogP contribution in [0.2, 0.25) is 0 Å². The van der Waals surface area contributed by atoms with E-state index in [2.05, 4.69) is 17.6 Å². The van der Waals surface area contributed by atoms with Crippen LogP contribution < -0.4 is 10.6 Å². The van der Waals surface area contributed by atoms with Crippen molar-refractivity contribution in [1.82, 2.24) is 10.6 Å². The zero-order valence-corrected chi connectivity index (χ0v) is 16.0. The first-order chi connectivity index (χ1) is 11.4. The molecule has 3 rings (SSSR count). The number of hydrogen-bond donors (Lipinski definition) is 2. The quantitative estimate of drug-likeness (QED) is 0.787. The molecule has 4 atom stereocenters. The second-order valence-corrected chi connectivity index (χ2v) is 10.5. The van der Waals surface area contributed by atoms with E-state index in [1.54, 1.807) is 0 Å². The van der Waals surface area contributed by atoms with Crippen molar-refractivity contribution in [2.75, 3.05) is 19.4 Å². The molecule has 2 saturated heterocycles. The van der Waals surface area contributed by atoms with Gasteiger partial charge in [-0.25, -0.2) is 8.42 Å². The summed E-state index contributed by atoms with van der Waals surface area (Å²) in [6.07, 6.45) is 10.8. The largest absolute Gasteiger partial charge is 0.378 e. The van der Waals surface area contributed by atoms with Gasteiger partial charge in [-0.2, -0.15) is 0 Å². The average Bonchev–Trinajstić information content (AvgIpc) is 2.98. The van der Waals surface area contributed by atoms with Gasteiger partial charge in [0.25, 0.3) is 0 Å². The Balaban J connectivity index is 1.44. The first-order valence-electron chi connectivity index (χ1n) is 9.73. The summed E-state index contributed by atoms with van der Waals surface area (Å²) < 4.78 is 29.1. The molecule has 0 bridgehead atoms. The third kappa shape index (κ3) is 4.71. The van der Waals surface area contributed by atoms with E-state index < -0.39 is 9.84 Å². The molecule has 4 unspecified atom stereocenters. The highest BCUT2D eigenvalue weighted by atomic mass is 32.2. The minimum Gasteiger partial charge on any atom is -0.378 e. The van der Waals surface area contributed by atoms with Crippen molar-refractivity contribution < 1.29 is 13.2 Å². The second kappa shape index (κ2) is 8.02. The minimum atomic E-state index is -2.86. The number of nitrogens with one attached hydrogen (secondary N) is 2. The number of rotatable bonds is 5. The lowest BCUT2D eigenvalue weighted by Crippen LogP contribution is -2.54. The summed E-state index contributed by atoms with van der Waals surface area (Å²) >= 11 is 0. The van der Waals surface area contributed by atoms with Crippen LogP contribution in [0.1, 0.15) is 58.3 Å². The monoisotopic (exact) mass is 358 g/mol. The molecule has 2 aliphatic heterocycles. The number of sulfone groups is 1. The molecule has 0 radical (unpaired) electrons. The molecule has 0 aromatic carbocycles. The third-order valence-corrected chi connectivity index (χ3v) is 8.16. The zero-order valence-electron chi connectivity index (χ0n) is 15.2. The normalized spacial score (nSPS) is 41.4. The van der Waals surface area contributed by atoms with Gasteiger partial charge in [-0.15, -0.1) is 0 Å². The van der Waals surface area contributed by atoms with Crippen molar-refractivity contribution in [2.45, 2.75) is 81.9 Å². The van der Waals surface area contributed by atoms with E-state index >= 15 is 0 Å².